The topological polar surface area (TPSA) is 32.7 Å². The van der Waals surface area contributed by atoms with E-state index in [-0.39, 0.29) is 6.10 Å². The zero-order valence-corrected chi connectivity index (χ0v) is 11.0. The second-order valence-electron chi connectivity index (χ2n) is 4.32. The SMILES string of the molecule is CCC(O)CCCN(C)c1ccc(OC)cc1. The highest BCUT2D eigenvalue weighted by molar-refractivity contribution is 5.48. The quantitative estimate of drug-likeness (QED) is 0.791. The largest absolute Gasteiger partial charge is 0.497 e. The zero-order chi connectivity index (χ0) is 12.7. The first kappa shape index (κ1) is 13.8. The van der Waals surface area contributed by atoms with Gasteiger partial charge in [-0.15, -0.1) is 0 Å². The van der Waals surface area contributed by atoms with Crippen LogP contribution in [0.4, 0.5) is 5.69 Å². The predicted octanol–water partition coefficient (Wildman–Crippen LogP) is 2.68. The minimum atomic E-state index is -0.153. The Morgan fingerprint density at radius 3 is 2.47 bits per heavy atom. The third-order valence-electron chi connectivity index (χ3n) is 3.02. The second-order valence-corrected chi connectivity index (χ2v) is 4.32. The van der Waals surface area contributed by atoms with Gasteiger partial charge < -0.3 is 14.7 Å². The van der Waals surface area contributed by atoms with Crippen molar-refractivity contribution in [3.63, 3.8) is 0 Å². The van der Waals surface area contributed by atoms with E-state index in [2.05, 4.69) is 24.1 Å². The van der Waals surface area contributed by atoms with Crippen molar-refractivity contribution in [1.29, 1.82) is 0 Å². The Balaban J connectivity index is 2.38. The molecule has 0 spiro atoms. The van der Waals surface area contributed by atoms with E-state index in [0.717, 1.165) is 31.6 Å². The van der Waals surface area contributed by atoms with Gasteiger partial charge in [-0.2, -0.15) is 0 Å². The lowest BCUT2D eigenvalue weighted by Gasteiger charge is -2.20. The van der Waals surface area contributed by atoms with Gasteiger partial charge in [-0.05, 0) is 43.5 Å². The van der Waals surface area contributed by atoms with Crippen LogP contribution in [0.15, 0.2) is 24.3 Å². The summed E-state index contributed by atoms with van der Waals surface area (Å²) in [5.41, 5.74) is 1.18. The van der Waals surface area contributed by atoms with Gasteiger partial charge in [-0.25, -0.2) is 0 Å². The Labute approximate surface area is 104 Å². The van der Waals surface area contributed by atoms with Gasteiger partial charge >= 0.3 is 0 Å². The Morgan fingerprint density at radius 2 is 1.94 bits per heavy atom. The highest BCUT2D eigenvalue weighted by Gasteiger charge is 2.04. The van der Waals surface area contributed by atoms with E-state index in [4.69, 9.17) is 4.74 Å². The van der Waals surface area contributed by atoms with Gasteiger partial charge in [0.2, 0.25) is 0 Å². The van der Waals surface area contributed by atoms with Crippen molar-refractivity contribution in [2.75, 3.05) is 25.6 Å². The molecule has 1 rings (SSSR count). The lowest BCUT2D eigenvalue weighted by Crippen LogP contribution is -2.19. The van der Waals surface area contributed by atoms with E-state index < -0.39 is 0 Å². The lowest BCUT2D eigenvalue weighted by atomic mass is 10.1. The van der Waals surface area contributed by atoms with Gasteiger partial charge in [-0.1, -0.05) is 6.92 Å². The van der Waals surface area contributed by atoms with E-state index in [1.54, 1.807) is 7.11 Å². The highest BCUT2D eigenvalue weighted by atomic mass is 16.5. The van der Waals surface area contributed by atoms with Crippen molar-refractivity contribution in [2.45, 2.75) is 32.3 Å². The maximum absolute atomic E-state index is 9.47. The van der Waals surface area contributed by atoms with Gasteiger partial charge in [0, 0.05) is 19.3 Å². The van der Waals surface area contributed by atoms with Gasteiger partial charge in [0.25, 0.3) is 0 Å². The molecule has 3 nitrogen and oxygen atoms in total. The first-order valence-corrected chi connectivity index (χ1v) is 6.20. The van der Waals surface area contributed by atoms with Crippen LogP contribution in [-0.2, 0) is 0 Å². The van der Waals surface area contributed by atoms with E-state index in [0.29, 0.717) is 0 Å². The Kier molecular flexibility index (Phi) is 5.84. The molecule has 1 aromatic carbocycles. The molecular formula is C14H23NO2. The molecular weight excluding hydrogens is 214 g/mol. The minimum absolute atomic E-state index is 0.153. The summed E-state index contributed by atoms with van der Waals surface area (Å²) in [7, 11) is 3.74. The smallest absolute Gasteiger partial charge is 0.119 e. The van der Waals surface area contributed by atoms with Crippen LogP contribution in [0, 0.1) is 0 Å². The Hall–Kier alpha value is -1.22. The summed E-state index contributed by atoms with van der Waals surface area (Å²) in [6.45, 7) is 2.97. The van der Waals surface area contributed by atoms with Gasteiger partial charge in [-0.3, -0.25) is 0 Å². The summed E-state index contributed by atoms with van der Waals surface area (Å²) in [6.07, 6.45) is 2.57. The minimum Gasteiger partial charge on any atom is -0.497 e. The number of anilines is 1. The standard InChI is InChI=1S/C14H23NO2/c1-4-13(16)6-5-11-15(2)12-7-9-14(17-3)10-8-12/h7-10,13,16H,4-6,11H2,1-3H3. The molecule has 3 heteroatoms. The molecule has 17 heavy (non-hydrogen) atoms. The molecule has 1 aromatic rings. The van der Waals surface area contributed by atoms with Crippen LogP contribution in [0.5, 0.6) is 5.75 Å². The number of aliphatic hydroxyl groups is 1. The molecule has 0 heterocycles. The van der Waals surface area contributed by atoms with Crippen molar-refractivity contribution in [2.24, 2.45) is 0 Å². The average molecular weight is 237 g/mol. The van der Waals surface area contributed by atoms with Crippen molar-refractivity contribution in [3.8, 4) is 5.75 Å². The van der Waals surface area contributed by atoms with Crippen LogP contribution in [0.1, 0.15) is 26.2 Å². The third kappa shape index (κ3) is 4.65. The fourth-order valence-electron chi connectivity index (χ4n) is 1.73. The number of rotatable bonds is 7. The van der Waals surface area contributed by atoms with Crippen molar-refractivity contribution in [3.05, 3.63) is 24.3 Å². The number of methoxy groups -OCH3 is 1. The number of hydrogen-bond acceptors (Lipinski definition) is 3. The lowest BCUT2D eigenvalue weighted by molar-refractivity contribution is 0.158. The van der Waals surface area contributed by atoms with E-state index in [1.165, 1.54) is 5.69 Å². The molecule has 0 aliphatic heterocycles. The molecule has 0 fully saturated rings. The molecule has 0 saturated carbocycles. The van der Waals surface area contributed by atoms with E-state index in [1.807, 2.05) is 19.1 Å². The summed E-state index contributed by atoms with van der Waals surface area (Å²) in [6, 6.07) is 8.03. The maximum atomic E-state index is 9.47. The van der Waals surface area contributed by atoms with Crippen molar-refractivity contribution >= 4 is 5.69 Å². The van der Waals surface area contributed by atoms with Crippen LogP contribution >= 0.6 is 0 Å². The summed E-state index contributed by atoms with van der Waals surface area (Å²) in [5.74, 6) is 0.878. The molecule has 0 aromatic heterocycles. The number of nitrogens with zero attached hydrogens (tertiary/aromatic N) is 1. The van der Waals surface area contributed by atoms with Crippen molar-refractivity contribution in [1.82, 2.24) is 0 Å². The summed E-state index contributed by atoms with van der Waals surface area (Å²) in [4.78, 5) is 2.20. The highest BCUT2D eigenvalue weighted by Crippen LogP contribution is 2.18. The average Bonchev–Trinajstić information content (AvgIpc) is 2.38. The monoisotopic (exact) mass is 237 g/mol. The molecule has 0 aliphatic rings. The van der Waals surface area contributed by atoms with Gasteiger partial charge in [0.15, 0.2) is 0 Å². The van der Waals surface area contributed by atoms with Crippen LogP contribution in [-0.4, -0.2) is 31.9 Å². The first-order chi connectivity index (χ1) is 8.17. The van der Waals surface area contributed by atoms with Crippen LogP contribution in [0.3, 0.4) is 0 Å². The summed E-state index contributed by atoms with van der Waals surface area (Å²) >= 11 is 0. The number of benzene rings is 1. The number of hydrogen-bond donors (Lipinski definition) is 1. The van der Waals surface area contributed by atoms with Crippen molar-refractivity contribution < 1.29 is 9.84 Å². The molecule has 0 radical (unpaired) electrons. The molecule has 0 amide bonds. The second kappa shape index (κ2) is 7.17. The van der Waals surface area contributed by atoms with E-state index in [9.17, 15) is 5.11 Å². The zero-order valence-electron chi connectivity index (χ0n) is 11.0. The fourth-order valence-corrected chi connectivity index (χ4v) is 1.73. The molecule has 0 aliphatic carbocycles. The molecule has 96 valence electrons. The number of ether oxygens (including phenoxy) is 1. The van der Waals surface area contributed by atoms with E-state index >= 15 is 0 Å². The Bertz CT molecular complexity index is 311. The van der Waals surface area contributed by atoms with Crippen LogP contribution in [0.25, 0.3) is 0 Å². The molecule has 0 bridgehead atoms. The van der Waals surface area contributed by atoms with Crippen LogP contribution in [0.2, 0.25) is 0 Å². The molecule has 1 unspecified atom stereocenters. The first-order valence-electron chi connectivity index (χ1n) is 6.20. The Morgan fingerprint density at radius 1 is 1.29 bits per heavy atom. The maximum Gasteiger partial charge on any atom is 0.119 e. The number of aliphatic hydroxyl groups excluding tert-OH is 1. The van der Waals surface area contributed by atoms with Gasteiger partial charge in [0.1, 0.15) is 5.75 Å². The van der Waals surface area contributed by atoms with Gasteiger partial charge in [0.05, 0.1) is 13.2 Å². The predicted molar refractivity (Wildman–Crippen MR) is 71.8 cm³/mol. The fraction of sp³-hybridized carbons (Fsp3) is 0.571. The molecule has 1 N–H and O–H groups in total. The summed E-state index contributed by atoms with van der Waals surface area (Å²) < 4.78 is 5.12. The molecule has 0 saturated heterocycles. The van der Waals surface area contributed by atoms with Crippen LogP contribution < -0.4 is 9.64 Å². The third-order valence-corrected chi connectivity index (χ3v) is 3.02. The summed E-state index contributed by atoms with van der Waals surface area (Å²) in [5, 5.41) is 9.47. The molecule has 1 atom stereocenters. The normalized spacial score (nSPS) is 12.2.